The summed E-state index contributed by atoms with van der Waals surface area (Å²) in [5, 5.41) is 0. The predicted octanol–water partition coefficient (Wildman–Crippen LogP) is 1.55. The third kappa shape index (κ3) is 1.90. The van der Waals surface area contributed by atoms with Gasteiger partial charge in [0.2, 0.25) is 0 Å². The van der Waals surface area contributed by atoms with Gasteiger partial charge in [0.15, 0.2) is 0 Å². The summed E-state index contributed by atoms with van der Waals surface area (Å²) in [6, 6.07) is 0. The van der Waals surface area contributed by atoms with Crippen LogP contribution in [0.1, 0.15) is 33.6 Å². The molecule has 0 N–H and O–H groups in total. The number of hydrogen-bond acceptors (Lipinski definition) is 3. The van der Waals surface area contributed by atoms with E-state index in [-0.39, 0.29) is 24.3 Å². The van der Waals surface area contributed by atoms with Crippen LogP contribution in [0.25, 0.3) is 0 Å². The number of hydrogen-bond donors (Lipinski definition) is 0. The number of Topliss-reactive ketones (excluding diaryl/α,β-unsaturated/α-hetero) is 1. The lowest BCUT2D eigenvalue weighted by atomic mass is 9.76. The van der Waals surface area contributed by atoms with E-state index < -0.39 is 5.41 Å². The molecule has 0 aromatic rings. The molecule has 1 aliphatic rings. The predicted molar refractivity (Wildman–Crippen MR) is 48.1 cm³/mol. The van der Waals surface area contributed by atoms with E-state index in [4.69, 9.17) is 4.74 Å². The van der Waals surface area contributed by atoms with Crippen molar-refractivity contribution in [1.82, 2.24) is 0 Å². The van der Waals surface area contributed by atoms with Gasteiger partial charge in [0.1, 0.15) is 12.4 Å². The zero-order chi connectivity index (χ0) is 10.1. The summed E-state index contributed by atoms with van der Waals surface area (Å²) < 4.78 is 5.00. The summed E-state index contributed by atoms with van der Waals surface area (Å²) in [6.45, 7) is 5.62. The minimum absolute atomic E-state index is 0.0948. The number of carbonyl (C=O) groups is 2. The molecule has 3 heteroatoms. The largest absolute Gasteiger partial charge is 0.464 e. The first-order valence-electron chi connectivity index (χ1n) is 4.67. The molecule has 0 aromatic carbocycles. The van der Waals surface area contributed by atoms with Gasteiger partial charge in [-0.3, -0.25) is 9.59 Å². The molecular formula is C10H16O3. The second-order valence-electron chi connectivity index (χ2n) is 4.03. The first-order valence-corrected chi connectivity index (χ1v) is 4.67. The van der Waals surface area contributed by atoms with E-state index in [0.29, 0.717) is 6.42 Å². The second kappa shape index (κ2) is 3.48. The van der Waals surface area contributed by atoms with Crippen LogP contribution in [0.3, 0.4) is 0 Å². The SMILES string of the molecule is CCC1CC(C)(C(C)=O)COC1=O. The summed E-state index contributed by atoms with van der Waals surface area (Å²) in [4.78, 5) is 22.5. The third-order valence-corrected chi connectivity index (χ3v) is 2.91. The van der Waals surface area contributed by atoms with Gasteiger partial charge in [-0.05, 0) is 26.7 Å². The minimum Gasteiger partial charge on any atom is -0.464 e. The fourth-order valence-corrected chi connectivity index (χ4v) is 1.59. The monoisotopic (exact) mass is 184 g/mol. The Labute approximate surface area is 78.5 Å². The molecule has 2 unspecified atom stereocenters. The van der Waals surface area contributed by atoms with Crippen LogP contribution in [0.5, 0.6) is 0 Å². The number of rotatable bonds is 2. The fraction of sp³-hybridized carbons (Fsp3) is 0.800. The van der Waals surface area contributed by atoms with E-state index in [1.165, 1.54) is 0 Å². The highest BCUT2D eigenvalue weighted by atomic mass is 16.5. The Morgan fingerprint density at radius 1 is 1.69 bits per heavy atom. The van der Waals surface area contributed by atoms with Crippen molar-refractivity contribution in [2.45, 2.75) is 33.6 Å². The fourth-order valence-electron chi connectivity index (χ4n) is 1.59. The van der Waals surface area contributed by atoms with Crippen LogP contribution < -0.4 is 0 Å². The Morgan fingerprint density at radius 3 is 2.77 bits per heavy atom. The third-order valence-electron chi connectivity index (χ3n) is 2.91. The molecule has 0 aromatic heterocycles. The van der Waals surface area contributed by atoms with Crippen molar-refractivity contribution in [3.8, 4) is 0 Å². The molecule has 1 fully saturated rings. The molecule has 0 amide bonds. The van der Waals surface area contributed by atoms with Gasteiger partial charge >= 0.3 is 5.97 Å². The Kier molecular flexibility index (Phi) is 2.74. The maximum Gasteiger partial charge on any atom is 0.308 e. The Bertz CT molecular complexity index is 232. The maximum absolute atomic E-state index is 11.3. The lowest BCUT2D eigenvalue weighted by Crippen LogP contribution is -2.41. The molecule has 1 saturated heterocycles. The van der Waals surface area contributed by atoms with Crippen LogP contribution in [0.2, 0.25) is 0 Å². The van der Waals surface area contributed by atoms with E-state index in [1.807, 2.05) is 13.8 Å². The van der Waals surface area contributed by atoms with Gasteiger partial charge in [-0.25, -0.2) is 0 Å². The van der Waals surface area contributed by atoms with Crippen molar-refractivity contribution in [3.05, 3.63) is 0 Å². The maximum atomic E-state index is 11.3. The van der Waals surface area contributed by atoms with Crippen LogP contribution in [0.4, 0.5) is 0 Å². The summed E-state index contributed by atoms with van der Waals surface area (Å²) >= 11 is 0. The van der Waals surface area contributed by atoms with Gasteiger partial charge in [-0.15, -0.1) is 0 Å². The Hall–Kier alpha value is -0.860. The van der Waals surface area contributed by atoms with Crippen LogP contribution in [-0.4, -0.2) is 18.4 Å². The van der Waals surface area contributed by atoms with E-state index in [9.17, 15) is 9.59 Å². The molecule has 74 valence electrons. The second-order valence-corrected chi connectivity index (χ2v) is 4.03. The molecule has 3 nitrogen and oxygen atoms in total. The van der Waals surface area contributed by atoms with Crippen molar-refractivity contribution in [2.75, 3.05) is 6.61 Å². The average molecular weight is 184 g/mol. The van der Waals surface area contributed by atoms with Crippen LogP contribution >= 0.6 is 0 Å². The van der Waals surface area contributed by atoms with E-state index in [2.05, 4.69) is 0 Å². The highest BCUT2D eigenvalue weighted by Gasteiger charge is 2.40. The molecule has 0 saturated carbocycles. The molecule has 0 spiro atoms. The van der Waals surface area contributed by atoms with Gasteiger partial charge in [-0.1, -0.05) is 6.92 Å². The summed E-state index contributed by atoms with van der Waals surface area (Å²) in [7, 11) is 0. The molecule has 2 atom stereocenters. The van der Waals surface area contributed by atoms with Gasteiger partial charge in [-0.2, -0.15) is 0 Å². The lowest BCUT2D eigenvalue weighted by Gasteiger charge is -2.34. The van der Waals surface area contributed by atoms with Crippen molar-refractivity contribution in [2.24, 2.45) is 11.3 Å². The number of carbonyl (C=O) groups excluding carboxylic acids is 2. The lowest BCUT2D eigenvalue weighted by molar-refractivity contribution is -0.164. The first-order chi connectivity index (χ1) is 5.99. The molecule has 0 bridgehead atoms. The number of ether oxygens (including phenoxy) is 1. The van der Waals surface area contributed by atoms with Crippen LogP contribution in [0.15, 0.2) is 0 Å². The molecule has 0 aliphatic carbocycles. The first kappa shape index (κ1) is 10.2. The van der Waals surface area contributed by atoms with E-state index in [1.54, 1.807) is 6.92 Å². The Balaban J connectivity index is 2.74. The van der Waals surface area contributed by atoms with Gasteiger partial charge in [0.25, 0.3) is 0 Å². The van der Waals surface area contributed by atoms with Crippen molar-refractivity contribution in [1.29, 1.82) is 0 Å². The molecule has 1 rings (SSSR count). The summed E-state index contributed by atoms with van der Waals surface area (Å²) in [5.41, 5.74) is -0.450. The molecular weight excluding hydrogens is 168 g/mol. The van der Waals surface area contributed by atoms with Crippen molar-refractivity contribution in [3.63, 3.8) is 0 Å². The van der Waals surface area contributed by atoms with E-state index in [0.717, 1.165) is 6.42 Å². The van der Waals surface area contributed by atoms with Gasteiger partial charge in [0.05, 0.1) is 11.3 Å². The smallest absolute Gasteiger partial charge is 0.308 e. The quantitative estimate of drug-likeness (QED) is 0.611. The zero-order valence-electron chi connectivity index (χ0n) is 8.42. The summed E-state index contributed by atoms with van der Waals surface area (Å²) in [6.07, 6.45) is 1.39. The number of ketones is 1. The van der Waals surface area contributed by atoms with Crippen LogP contribution in [-0.2, 0) is 14.3 Å². The number of esters is 1. The highest BCUT2D eigenvalue weighted by Crippen LogP contribution is 2.34. The zero-order valence-corrected chi connectivity index (χ0v) is 8.42. The number of cyclic esters (lactones) is 1. The molecule has 1 heterocycles. The van der Waals surface area contributed by atoms with Gasteiger partial charge < -0.3 is 4.74 Å². The highest BCUT2D eigenvalue weighted by molar-refractivity contribution is 5.85. The van der Waals surface area contributed by atoms with Crippen molar-refractivity contribution >= 4 is 11.8 Å². The van der Waals surface area contributed by atoms with Crippen LogP contribution in [0, 0.1) is 11.3 Å². The molecule has 0 radical (unpaired) electrons. The normalized spacial score (nSPS) is 34.1. The minimum atomic E-state index is -0.450. The molecule has 1 aliphatic heterocycles. The standard InChI is InChI=1S/C10H16O3/c1-4-8-5-10(3,7(2)11)6-13-9(8)12/h8H,4-6H2,1-3H3. The van der Waals surface area contributed by atoms with Crippen molar-refractivity contribution < 1.29 is 14.3 Å². The van der Waals surface area contributed by atoms with Gasteiger partial charge in [0, 0.05) is 0 Å². The Morgan fingerprint density at radius 2 is 2.31 bits per heavy atom. The average Bonchev–Trinajstić information content (AvgIpc) is 2.09. The topological polar surface area (TPSA) is 43.4 Å². The van der Waals surface area contributed by atoms with E-state index >= 15 is 0 Å². The summed E-state index contributed by atoms with van der Waals surface area (Å²) in [5.74, 6) is -0.137. The molecule has 13 heavy (non-hydrogen) atoms.